The normalized spacial score (nSPS) is 11.6. The Bertz CT molecular complexity index is 527. The van der Waals surface area contributed by atoms with Crippen molar-refractivity contribution in [3.05, 3.63) is 70.8 Å². The lowest BCUT2D eigenvalue weighted by Crippen LogP contribution is -2.04. The fourth-order valence-corrected chi connectivity index (χ4v) is 1.84. The molecule has 0 aromatic heterocycles. The van der Waals surface area contributed by atoms with Gasteiger partial charge >= 0.3 is 6.18 Å². The highest BCUT2D eigenvalue weighted by Crippen LogP contribution is 2.29. The molecule has 100 valence electrons. The first-order chi connectivity index (χ1) is 8.99. The monoisotopic (exact) mass is 265 g/mol. The van der Waals surface area contributed by atoms with Crippen molar-refractivity contribution in [3.8, 4) is 0 Å². The Labute approximate surface area is 109 Å². The van der Waals surface area contributed by atoms with Crippen LogP contribution in [0.15, 0.2) is 48.5 Å². The van der Waals surface area contributed by atoms with Crippen LogP contribution in [0.3, 0.4) is 0 Å². The zero-order valence-electron chi connectivity index (χ0n) is 10.2. The summed E-state index contributed by atoms with van der Waals surface area (Å²) < 4.78 is 37.3. The highest BCUT2D eigenvalue weighted by Gasteiger charge is 2.29. The van der Waals surface area contributed by atoms with E-state index in [1.165, 1.54) is 12.1 Å². The number of benzene rings is 2. The molecule has 0 saturated heterocycles. The van der Waals surface area contributed by atoms with Crippen LogP contribution in [0.25, 0.3) is 0 Å². The van der Waals surface area contributed by atoms with Gasteiger partial charge in [0.15, 0.2) is 0 Å². The van der Waals surface area contributed by atoms with E-state index in [2.05, 4.69) is 0 Å². The number of hydrogen-bond acceptors (Lipinski definition) is 1. The highest BCUT2D eigenvalue weighted by molar-refractivity contribution is 5.31. The van der Waals surface area contributed by atoms with E-state index in [4.69, 9.17) is 5.73 Å². The quantitative estimate of drug-likeness (QED) is 0.898. The van der Waals surface area contributed by atoms with Crippen molar-refractivity contribution in [2.24, 2.45) is 5.73 Å². The Kier molecular flexibility index (Phi) is 3.90. The van der Waals surface area contributed by atoms with Gasteiger partial charge in [-0.15, -0.1) is 0 Å². The van der Waals surface area contributed by atoms with Crippen LogP contribution in [0.5, 0.6) is 0 Å². The standard InChI is InChI=1S/C15H14F3N/c16-15(17,18)14-7-5-12(6-8-14)9-11-1-3-13(10-19)4-2-11/h1-8H,9-10,19H2. The van der Waals surface area contributed by atoms with Crippen LogP contribution in [0.1, 0.15) is 22.3 Å². The third-order valence-corrected chi connectivity index (χ3v) is 2.95. The summed E-state index contributed by atoms with van der Waals surface area (Å²) >= 11 is 0. The second-order valence-electron chi connectivity index (χ2n) is 4.39. The molecule has 0 aliphatic heterocycles. The van der Waals surface area contributed by atoms with Crippen LogP contribution >= 0.6 is 0 Å². The second kappa shape index (κ2) is 5.45. The minimum absolute atomic E-state index is 0.487. The lowest BCUT2D eigenvalue weighted by Gasteiger charge is -2.08. The summed E-state index contributed by atoms with van der Waals surface area (Å²) in [7, 11) is 0. The zero-order valence-corrected chi connectivity index (χ0v) is 10.2. The van der Waals surface area contributed by atoms with Gasteiger partial charge in [0, 0.05) is 6.54 Å². The van der Waals surface area contributed by atoms with E-state index >= 15 is 0 Å². The summed E-state index contributed by atoms with van der Waals surface area (Å²) in [6.07, 6.45) is -3.66. The Balaban J connectivity index is 2.10. The third-order valence-electron chi connectivity index (χ3n) is 2.95. The van der Waals surface area contributed by atoms with E-state index in [0.717, 1.165) is 28.8 Å². The fourth-order valence-electron chi connectivity index (χ4n) is 1.84. The van der Waals surface area contributed by atoms with Crippen molar-refractivity contribution in [2.75, 3.05) is 0 Å². The van der Waals surface area contributed by atoms with Gasteiger partial charge in [0.1, 0.15) is 0 Å². The summed E-state index contributed by atoms with van der Waals surface area (Å²) in [4.78, 5) is 0. The fraction of sp³-hybridized carbons (Fsp3) is 0.200. The van der Waals surface area contributed by atoms with Crippen LogP contribution in [0, 0.1) is 0 Å². The number of nitrogens with two attached hydrogens (primary N) is 1. The van der Waals surface area contributed by atoms with Gasteiger partial charge in [-0.2, -0.15) is 13.2 Å². The largest absolute Gasteiger partial charge is 0.416 e. The summed E-state index contributed by atoms with van der Waals surface area (Å²) in [6, 6.07) is 13.0. The molecule has 0 unspecified atom stereocenters. The molecule has 2 rings (SSSR count). The maximum atomic E-state index is 12.4. The van der Waals surface area contributed by atoms with Gasteiger partial charge < -0.3 is 5.73 Å². The first-order valence-electron chi connectivity index (χ1n) is 5.93. The highest BCUT2D eigenvalue weighted by atomic mass is 19.4. The topological polar surface area (TPSA) is 26.0 Å². The molecule has 0 saturated carbocycles. The molecule has 4 heteroatoms. The van der Waals surface area contributed by atoms with E-state index < -0.39 is 11.7 Å². The first kappa shape index (κ1) is 13.6. The molecule has 19 heavy (non-hydrogen) atoms. The smallest absolute Gasteiger partial charge is 0.326 e. The molecule has 1 nitrogen and oxygen atoms in total. The molecular weight excluding hydrogens is 251 g/mol. The first-order valence-corrected chi connectivity index (χ1v) is 5.93. The van der Waals surface area contributed by atoms with E-state index in [9.17, 15) is 13.2 Å². The van der Waals surface area contributed by atoms with Crippen molar-refractivity contribution in [3.63, 3.8) is 0 Å². The van der Waals surface area contributed by atoms with Crippen molar-refractivity contribution >= 4 is 0 Å². The molecule has 2 aromatic carbocycles. The zero-order chi connectivity index (χ0) is 13.9. The van der Waals surface area contributed by atoms with Gasteiger partial charge in [-0.1, -0.05) is 36.4 Å². The number of hydrogen-bond donors (Lipinski definition) is 1. The molecule has 0 heterocycles. The summed E-state index contributed by atoms with van der Waals surface area (Å²) in [5.41, 5.74) is 7.83. The molecule has 2 aromatic rings. The van der Waals surface area contributed by atoms with Crippen molar-refractivity contribution in [2.45, 2.75) is 19.1 Å². The summed E-state index contributed by atoms with van der Waals surface area (Å²) in [5.74, 6) is 0. The second-order valence-corrected chi connectivity index (χ2v) is 4.39. The Morgan fingerprint density at radius 1 is 0.737 bits per heavy atom. The Hall–Kier alpha value is -1.81. The van der Waals surface area contributed by atoms with Crippen molar-refractivity contribution in [1.29, 1.82) is 0 Å². The Morgan fingerprint density at radius 3 is 1.58 bits per heavy atom. The van der Waals surface area contributed by atoms with E-state index in [1.54, 1.807) is 0 Å². The minimum atomic E-state index is -4.28. The molecule has 2 N–H and O–H groups in total. The molecule has 0 radical (unpaired) electrons. The van der Waals surface area contributed by atoms with Crippen LogP contribution in [-0.2, 0) is 19.1 Å². The van der Waals surface area contributed by atoms with Crippen molar-refractivity contribution in [1.82, 2.24) is 0 Å². The van der Waals surface area contributed by atoms with Gasteiger partial charge in [-0.05, 0) is 35.2 Å². The van der Waals surface area contributed by atoms with Crippen LogP contribution in [0.2, 0.25) is 0 Å². The lowest BCUT2D eigenvalue weighted by atomic mass is 10.0. The minimum Gasteiger partial charge on any atom is -0.326 e. The molecule has 0 bridgehead atoms. The van der Waals surface area contributed by atoms with Crippen LogP contribution in [0.4, 0.5) is 13.2 Å². The molecule has 0 atom stereocenters. The Morgan fingerprint density at radius 2 is 1.16 bits per heavy atom. The predicted octanol–water partition coefficient (Wildman–Crippen LogP) is 3.75. The number of halogens is 3. The van der Waals surface area contributed by atoms with Gasteiger partial charge in [0.2, 0.25) is 0 Å². The lowest BCUT2D eigenvalue weighted by molar-refractivity contribution is -0.137. The molecule has 0 spiro atoms. The molecule has 0 aliphatic rings. The van der Waals surface area contributed by atoms with Crippen LogP contribution < -0.4 is 5.73 Å². The number of rotatable bonds is 3. The summed E-state index contributed by atoms with van der Waals surface area (Å²) in [6.45, 7) is 0.487. The predicted molar refractivity (Wildman–Crippen MR) is 68.6 cm³/mol. The van der Waals surface area contributed by atoms with Crippen molar-refractivity contribution < 1.29 is 13.2 Å². The molecular formula is C15H14F3N. The van der Waals surface area contributed by atoms with Gasteiger partial charge in [0.05, 0.1) is 5.56 Å². The average Bonchev–Trinajstić information content (AvgIpc) is 2.39. The summed E-state index contributed by atoms with van der Waals surface area (Å²) in [5, 5.41) is 0. The maximum absolute atomic E-state index is 12.4. The maximum Gasteiger partial charge on any atom is 0.416 e. The van der Waals surface area contributed by atoms with Crippen LogP contribution in [-0.4, -0.2) is 0 Å². The SMILES string of the molecule is NCc1ccc(Cc2ccc(C(F)(F)F)cc2)cc1. The van der Waals surface area contributed by atoms with E-state index in [-0.39, 0.29) is 0 Å². The molecule has 0 amide bonds. The molecule has 0 aliphatic carbocycles. The molecule has 0 fully saturated rings. The van der Waals surface area contributed by atoms with E-state index in [0.29, 0.717) is 13.0 Å². The van der Waals surface area contributed by atoms with Gasteiger partial charge in [-0.25, -0.2) is 0 Å². The van der Waals surface area contributed by atoms with Gasteiger partial charge in [0.25, 0.3) is 0 Å². The average molecular weight is 265 g/mol. The third kappa shape index (κ3) is 3.58. The van der Waals surface area contributed by atoms with Gasteiger partial charge in [-0.3, -0.25) is 0 Å². The van der Waals surface area contributed by atoms with E-state index in [1.807, 2.05) is 24.3 Å². The number of alkyl halides is 3.